The van der Waals surface area contributed by atoms with Crippen molar-refractivity contribution in [2.75, 3.05) is 5.32 Å². The topological polar surface area (TPSA) is 109 Å². The Kier molecular flexibility index (Phi) is 4.26. The van der Waals surface area contributed by atoms with Gasteiger partial charge in [-0.2, -0.15) is 10.1 Å². The van der Waals surface area contributed by atoms with Gasteiger partial charge in [0.1, 0.15) is 12.4 Å². The minimum Gasteiger partial charge on any atom is -0.545 e. The van der Waals surface area contributed by atoms with Gasteiger partial charge in [0, 0.05) is 5.70 Å². The molecule has 0 fully saturated rings. The number of rotatable bonds is 4. The van der Waals surface area contributed by atoms with Gasteiger partial charge >= 0.3 is 5.97 Å². The first kappa shape index (κ1) is 16.7. The number of nitrogens with one attached hydrogen (secondary N) is 1. The molecule has 1 atom stereocenters. The highest BCUT2D eigenvalue weighted by atomic mass is 16.5. The number of carboxylic acid groups (broad SMARTS) is 1. The number of carbonyl (C=O) groups excluding carboxylic acids is 2. The zero-order chi connectivity index (χ0) is 18.1. The van der Waals surface area contributed by atoms with Crippen LogP contribution in [0.4, 0.5) is 5.95 Å². The Labute approximate surface area is 144 Å². The van der Waals surface area contributed by atoms with Gasteiger partial charge in [-0.15, -0.1) is 0 Å². The van der Waals surface area contributed by atoms with Gasteiger partial charge in [0.2, 0.25) is 5.95 Å². The fraction of sp³-hybridized carbons (Fsp3) is 0.294. The second kappa shape index (κ2) is 6.39. The molecule has 3 rings (SSSR count). The third kappa shape index (κ3) is 3.10. The van der Waals surface area contributed by atoms with Crippen LogP contribution in [0.25, 0.3) is 0 Å². The van der Waals surface area contributed by atoms with E-state index in [-0.39, 0.29) is 11.7 Å². The molecule has 0 saturated heterocycles. The van der Waals surface area contributed by atoms with Crippen LogP contribution in [-0.4, -0.2) is 32.8 Å². The van der Waals surface area contributed by atoms with E-state index in [1.165, 1.54) is 18.5 Å². The lowest BCUT2D eigenvalue weighted by atomic mass is 9.95. The number of aromatic carboxylic acids is 1. The maximum Gasteiger partial charge on any atom is 0.338 e. The first-order chi connectivity index (χ1) is 11.9. The van der Waals surface area contributed by atoms with Crippen molar-refractivity contribution in [3.63, 3.8) is 0 Å². The van der Waals surface area contributed by atoms with E-state index in [0.29, 0.717) is 22.8 Å². The first-order valence-corrected chi connectivity index (χ1v) is 7.78. The van der Waals surface area contributed by atoms with Crippen molar-refractivity contribution in [1.82, 2.24) is 14.8 Å². The maximum atomic E-state index is 12.6. The van der Waals surface area contributed by atoms with Crippen LogP contribution < -0.4 is 10.4 Å². The molecule has 2 aromatic rings. The lowest BCUT2D eigenvalue weighted by Gasteiger charge is -2.28. The number of carbonyl (C=O) groups is 2. The Morgan fingerprint density at radius 3 is 2.56 bits per heavy atom. The number of carboxylic acids is 1. The van der Waals surface area contributed by atoms with Crippen LogP contribution >= 0.6 is 0 Å². The van der Waals surface area contributed by atoms with Crippen molar-refractivity contribution in [3.05, 3.63) is 53.0 Å². The molecule has 130 valence electrons. The van der Waals surface area contributed by atoms with Crippen LogP contribution in [0.1, 0.15) is 42.7 Å². The number of benzene rings is 1. The van der Waals surface area contributed by atoms with Crippen molar-refractivity contribution >= 4 is 17.9 Å². The fourth-order valence-corrected chi connectivity index (χ4v) is 2.74. The number of aromatic nitrogens is 3. The van der Waals surface area contributed by atoms with E-state index in [9.17, 15) is 14.7 Å². The number of fused-ring (bicyclic) bond motifs is 1. The van der Waals surface area contributed by atoms with Gasteiger partial charge in [-0.3, -0.25) is 0 Å². The van der Waals surface area contributed by atoms with E-state index in [0.717, 1.165) is 0 Å². The molecule has 0 radical (unpaired) electrons. The third-order valence-electron chi connectivity index (χ3n) is 3.82. The number of ether oxygens (including phenoxy) is 1. The largest absolute Gasteiger partial charge is 0.545 e. The highest BCUT2D eigenvalue weighted by molar-refractivity contribution is 5.92. The predicted octanol–water partition coefficient (Wildman–Crippen LogP) is 0.882. The predicted molar refractivity (Wildman–Crippen MR) is 86.5 cm³/mol. The summed E-state index contributed by atoms with van der Waals surface area (Å²) in [5, 5.41) is 18.2. The van der Waals surface area contributed by atoms with Gasteiger partial charge in [-0.05, 0) is 31.9 Å². The molecule has 0 saturated carbocycles. The Morgan fingerprint density at radius 2 is 1.96 bits per heavy atom. The Morgan fingerprint density at radius 1 is 1.28 bits per heavy atom. The van der Waals surface area contributed by atoms with Crippen molar-refractivity contribution in [1.29, 1.82) is 0 Å². The number of hydrogen-bond donors (Lipinski definition) is 1. The van der Waals surface area contributed by atoms with E-state index < -0.39 is 18.0 Å². The molecule has 0 bridgehead atoms. The minimum absolute atomic E-state index is 0.0588. The first-order valence-electron chi connectivity index (χ1n) is 7.78. The van der Waals surface area contributed by atoms with Gasteiger partial charge in [0.25, 0.3) is 0 Å². The second-order valence-electron chi connectivity index (χ2n) is 5.96. The Balaban J connectivity index is 2.08. The summed E-state index contributed by atoms with van der Waals surface area (Å²) >= 11 is 0. The number of anilines is 1. The minimum atomic E-state index is -1.26. The second-order valence-corrected chi connectivity index (χ2v) is 5.96. The lowest BCUT2D eigenvalue weighted by molar-refractivity contribution is -0.255. The van der Waals surface area contributed by atoms with Gasteiger partial charge in [0.15, 0.2) is 0 Å². The van der Waals surface area contributed by atoms with Crippen LogP contribution in [0.2, 0.25) is 0 Å². The van der Waals surface area contributed by atoms with Crippen LogP contribution in [-0.2, 0) is 9.53 Å². The Hall–Kier alpha value is -3.16. The molecule has 1 aliphatic heterocycles. The van der Waals surface area contributed by atoms with Crippen LogP contribution in [0.5, 0.6) is 0 Å². The van der Waals surface area contributed by atoms with Crippen LogP contribution in [0.3, 0.4) is 0 Å². The molecule has 1 aliphatic rings. The number of esters is 1. The molecule has 0 spiro atoms. The molecular formula is C17H17N4O4-. The van der Waals surface area contributed by atoms with Crippen molar-refractivity contribution in [3.8, 4) is 0 Å². The van der Waals surface area contributed by atoms with E-state index in [1.54, 1.807) is 37.6 Å². The highest BCUT2D eigenvalue weighted by Gasteiger charge is 2.34. The van der Waals surface area contributed by atoms with Gasteiger partial charge in [-0.1, -0.05) is 24.3 Å². The summed E-state index contributed by atoms with van der Waals surface area (Å²) in [6, 6.07) is 5.56. The summed E-state index contributed by atoms with van der Waals surface area (Å²) in [4.78, 5) is 27.7. The summed E-state index contributed by atoms with van der Waals surface area (Å²) in [6.45, 7) is 5.31. The summed E-state index contributed by atoms with van der Waals surface area (Å²) in [6.07, 6.45) is 1.11. The normalized spacial score (nSPS) is 16.4. The zero-order valence-corrected chi connectivity index (χ0v) is 14.0. The maximum absolute atomic E-state index is 12.6. The average molecular weight is 341 g/mol. The lowest BCUT2D eigenvalue weighted by Crippen LogP contribution is -2.30. The van der Waals surface area contributed by atoms with Crippen LogP contribution in [0, 0.1) is 0 Å². The van der Waals surface area contributed by atoms with E-state index in [4.69, 9.17) is 4.74 Å². The quantitative estimate of drug-likeness (QED) is 0.822. The molecule has 1 aromatic carbocycles. The third-order valence-corrected chi connectivity index (χ3v) is 3.82. The number of allylic oxidation sites excluding steroid dienone is 1. The molecular weight excluding hydrogens is 324 g/mol. The summed E-state index contributed by atoms with van der Waals surface area (Å²) < 4.78 is 6.93. The number of nitrogens with zero attached hydrogens (tertiary/aromatic N) is 3. The molecule has 1 unspecified atom stereocenters. The van der Waals surface area contributed by atoms with Gasteiger partial charge < -0.3 is 20.0 Å². The van der Waals surface area contributed by atoms with Crippen molar-refractivity contribution in [2.24, 2.45) is 0 Å². The van der Waals surface area contributed by atoms with Gasteiger partial charge in [0.05, 0.1) is 17.6 Å². The SMILES string of the molecule is CC1=C(C(=O)OC(C)C)C(c2ccc(C(=O)[O-])cc2)n2ncnc2N1. The Bertz CT molecular complexity index is 852. The molecule has 0 aliphatic carbocycles. The molecule has 1 aromatic heterocycles. The van der Waals surface area contributed by atoms with E-state index >= 15 is 0 Å². The summed E-state index contributed by atoms with van der Waals surface area (Å²) in [7, 11) is 0. The molecule has 0 amide bonds. The molecule has 25 heavy (non-hydrogen) atoms. The van der Waals surface area contributed by atoms with Crippen molar-refractivity contribution in [2.45, 2.75) is 32.9 Å². The average Bonchev–Trinajstić information content (AvgIpc) is 3.00. The molecule has 8 heteroatoms. The van der Waals surface area contributed by atoms with Gasteiger partial charge in [-0.25, -0.2) is 9.48 Å². The van der Waals surface area contributed by atoms with E-state index in [2.05, 4.69) is 15.4 Å². The van der Waals surface area contributed by atoms with E-state index in [1.807, 2.05) is 0 Å². The monoisotopic (exact) mass is 341 g/mol. The highest BCUT2D eigenvalue weighted by Crippen LogP contribution is 2.35. The molecule has 8 nitrogen and oxygen atoms in total. The fourth-order valence-electron chi connectivity index (χ4n) is 2.74. The standard InChI is InChI=1S/C17H18N4O4/c1-9(2)25-16(24)13-10(3)20-17-18-8-19-21(17)14(13)11-4-6-12(7-5-11)15(22)23/h4-9,14H,1-3H3,(H,22,23)(H,18,19,20)/p-1. The molecule has 2 heterocycles. The zero-order valence-electron chi connectivity index (χ0n) is 14.0. The number of hydrogen-bond acceptors (Lipinski definition) is 7. The smallest absolute Gasteiger partial charge is 0.338 e. The summed E-state index contributed by atoms with van der Waals surface area (Å²) in [5.74, 6) is -1.23. The molecule has 1 N–H and O–H groups in total. The summed E-state index contributed by atoms with van der Waals surface area (Å²) in [5.41, 5.74) is 1.75. The van der Waals surface area contributed by atoms with Crippen LogP contribution in [0.15, 0.2) is 41.9 Å². The van der Waals surface area contributed by atoms with Crippen molar-refractivity contribution < 1.29 is 19.4 Å².